The Labute approximate surface area is 186 Å². The van der Waals surface area contributed by atoms with E-state index < -0.39 is 9.73 Å². The predicted molar refractivity (Wildman–Crippen MR) is 127 cm³/mol. The molecule has 2 aromatic carbocycles. The van der Waals surface area contributed by atoms with Gasteiger partial charge in [-0.15, -0.1) is 0 Å². The van der Waals surface area contributed by atoms with E-state index in [9.17, 15) is 9.32 Å². The number of aliphatic hydroxyl groups excluding tert-OH is 1. The molecule has 4 aromatic rings. The van der Waals surface area contributed by atoms with Crippen LogP contribution in [0.25, 0.3) is 22.0 Å². The fourth-order valence-electron chi connectivity index (χ4n) is 3.21. The highest BCUT2D eigenvalue weighted by Gasteiger charge is 2.13. The largest absolute Gasteiger partial charge is 0.394 e. The Hall–Kier alpha value is -3.50. The van der Waals surface area contributed by atoms with Gasteiger partial charge in [0, 0.05) is 39.5 Å². The standard InChI is InChI=1S/C22H25N7O2S/c1-3-32(23,31)18-7-5-17(6-8-18)27-22-24-12-19(21(28-22)26-14(2)13-30)15-4-9-20-16(10-15)11-25-29-20/h4-12,14,23,30H,3,13H2,1-2H3,(H,25,29)(H2,24,26,27,28)/t14-,32?/m1/s1. The van der Waals surface area contributed by atoms with Crippen molar-refractivity contribution in [3.63, 3.8) is 0 Å². The van der Waals surface area contributed by atoms with Crippen LogP contribution >= 0.6 is 0 Å². The van der Waals surface area contributed by atoms with Crippen molar-refractivity contribution in [2.24, 2.45) is 0 Å². The summed E-state index contributed by atoms with van der Waals surface area (Å²) in [5, 5.41) is 23.9. The SMILES string of the molecule is CCS(=N)(=O)c1ccc(Nc2ncc(-c3ccc4[nH]ncc4c3)c(N[C@H](C)CO)n2)cc1. The maximum absolute atomic E-state index is 12.2. The molecular weight excluding hydrogens is 426 g/mol. The van der Waals surface area contributed by atoms with Crippen LogP contribution in [0.1, 0.15) is 13.8 Å². The van der Waals surface area contributed by atoms with Gasteiger partial charge in [-0.1, -0.05) is 13.0 Å². The van der Waals surface area contributed by atoms with E-state index in [0.29, 0.717) is 22.3 Å². The van der Waals surface area contributed by atoms with Crippen molar-refractivity contribution in [2.75, 3.05) is 23.0 Å². The van der Waals surface area contributed by atoms with Crippen molar-refractivity contribution in [1.29, 1.82) is 4.78 Å². The third-order valence-corrected chi connectivity index (χ3v) is 6.94. The third-order valence-electron chi connectivity index (χ3n) is 5.09. The summed E-state index contributed by atoms with van der Waals surface area (Å²) in [7, 11) is -2.76. The van der Waals surface area contributed by atoms with Crippen molar-refractivity contribution in [1.82, 2.24) is 20.2 Å². The third kappa shape index (κ3) is 4.56. The maximum atomic E-state index is 12.2. The number of nitrogens with one attached hydrogen (secondary N) is 4. The van der Waals surface area contributed by atoms with E-state index in [1.54, 1.807) is 43.6 Å². The fraction of sp³-hybridized carbons (Fsp3) is 0.227. The maximum Gasteiger partial charge on any atom is 0.229 e. The Morgan fingerprint density at radius 2 is 1.97 bits per heavy atom. The van der Waals surface area contributed by atoms with E-state index in [2.05, 4.69) is 30.8 Å². The minimum Gasteiger partial charge on any atom is -0.394 e. The summed E-state index contributed by atoms with van der Waals surface area (Å²) in [6.07, 6.45) is 3.49. The van der Waals surface area contributed by atoms with Crippen LogP contribution in [0.15, 0.2) is 59.8 Å². The molecule has 4 rings (SSSR count). The van der Waals surface area contributed by atoms with E-state index in [-0.39, 0.29) is 18.4 Å². The van der Waals surface area contributed by atoms with E-state index in [4.69, 9.17) is 4.78 Å². The number of fused-ring (bicyclic) bond motifs is 1. The Morgan fingerprint density at radius 1 is 1.19 bits per heavy atom. The number of anilines is 3. The second-order valence-electron chi connectivity index (χ2n) is 7.47. The van der Waals surface area contributed by atoms with Gasteiger partial charge in [-0.2, -0.15) is 10.1 Å². The molecule has 32 heavy (non-hydrogen) atoms. The molecule has 0 spiro atoms. The van der Waals surface area contributed by atoms with Crippen molar-refractivity contribution >= 4 is 38.1 Å². The van der Waals surface area contributed by atoms with Crippen LogP contribution < -0.4 is 10.6 Å². The Morgan fingerprint density at radius 3 is 2.69 bits per heavy atom. The number of hydrogen-bond acceptors (Lipinski definition) is 8. The van der Waals surface area contributed by atoms with Gasteiger partial charge in [0.2, 0.25) is 5.95 Å². The van der Waals surface area contributed by atoms with Gasteiger partial charge in [0.15, 0.2) is 0 Å². The highest BCUT2D eigenvalue weighted by Crippen LogP contribution is 2.30. The van der Waals surface area contributed by atoms with Gasteiger partial charge >= 0.3 is 0 Å². The molecule has 5 N–H and O–H groups in total. The van der Waals surface area contributed by atoms with Gasteiger partial charge < -0.3 is 15.7 Å². The van der Waals surface area contributed by atoms with Crippen molar-refractivity contribution in [3.8, 4) is 11.1 Å². The molecule has 166 valence electrons. The van der Waals surface area contributed by atoms with Crippen LogP contribution in [0, 0.1) is 4.78 Å². The minimum atomic E-state index is -2.76. The molecule has 2 aromatic heterocycles. The summed E-state index contributed by atoms with van der Waals surface area (Å²) < 4.78 is 20.1. The van der Waals surface area contributed by atoms with Crippen LogP contribution in [-0.4, -0.2) is 47.9 Å². The highest BCUT2D eigenvalue weighted by molar-refractivity contribution is 7.92. The number of benzene rings is 2. The molecule has 0 saturated carbocycles. The second kappa shape index (κ2) is 8.93. The molecule has 0 aliphatic rings. The van der Waals surface area contributed by atoms with Gasteiger partial charge in [0.05, 0.1) is 28.0 Å². The molecule has 1 unspecified atom stereocenters. The molecule has 9 nitrogen and oxygen atoms in total. The normalized spacial score (nSPS) is 14.1. The Balaban J connectivity index is 1.66. The summed E-state index contributed by atoms with van der Waals surface area (Å²) in [4.78, 5) is 9.58. The minimum absolute atomic E-state index is 0.0434. The van der Waals surface area contributed by atoms with Gasteiger partial charge in [-0.25, -0.2) is 14.0 Å². The number of hydrogen-bond donors (Lipinski definition) is 5. The Kier molecular flexibility index (Phi) is 6.06. The zero-order valence-electron chi connectivity index (χ0n) is 17.8. The quantitative estimate of drug-likeness (QED) is 0.273. The summed E-state index contributed by atoms with van der Waals surface area (Å²) in [5.41, 5.74) is 3.38. The van der Waals surface area contributed by atoms with Gasteiger partial charge in [-0.05, 0) is 48.9 Å². The average molecular weight is 452 g/mol. The first-order valence-corrected chi connectivity index (χ1v) is 11.9. The summed E-state index contributed by atoms with van der Waals surface area (Å²) >= 11 is 0. The zero-order valence-corrected chi connectivity index (χ0v) is 18.6. The molecule has 10 heteroatoms. The molecule has 2 atom stereocenters. The van der Waals surface area contributed by atoms with Crippen LogP contribution in [0.2, 0.25) is 0 Å². The highest BCUT2D eigenvalue weighted by atomic mass is 32.2. The van der Waals surface area contributed by atoms with Crippen LogP contribution in [0.4, 0.5) is 17.5 Å². The smallest absolute Gasteiger partial charge is 0.229 e. The average Bonchev–Trinajstić information content (AvgIpc) is 3.27. The number of aliphatic hydroxyl groups is 1. The molecular formula is C22H25N7O2S. The lowest BCUT2D eigenvalue weighted by molar-refractivity contribution is 0.281. The van der Waals surface area contributed by atoms with Crippen molar-refractivity contribution < 1.29 is 9.32 Å². The van der Waals surface area contributed by atoms with Crippen LogP contribution in [-0.2, 0) is 9.73 Å². The van der Waals surface area contributed by atoms with Crippen LogP contribution in [0.5, 0.6) is 0 Å². The van der Waals surface area contributed by atoms with Gasteiger partial charge in [0.25, 0.3) is 0 Å². The number of aromatic nitrogens is 4. The molecule has 0 saturated heterocycles. The monoisotopic (exact) mass is 451 g/mol. The molecule has 0 fully saturated rings. The molecule has 2 heterocycles. The van der Waals surface area contributed by atoms with Gasteiger partial charge in [-0.3, -0.25) is 5.10 Å². The van der Waals surface area contributed by atoms with Crippen molar-refractivity contribution in [2.45, 2.75) is 24.8 Å². The Bertz CT molecular complexity index is 1330. The summed E-state index contributed by atoms with van der Waals surface area (Å²) in [5.74, 6) is 1.23. The summed E-state index contributed by atoms with van der Waals surface area (Å²) in [6, 6.07) is 12.6. The van der Waals surface area contributed by atoms with E-state index in [1.807, 2.05) is 25.1 Å². The number of H-pyrrole nitrogens is 1. The first kappa shape index (κ1) is 21.7. The first-order valence-electron chi connectivity index (χ1n) is 10.2. The van der Waals surface area contributed by atoms with Crippen molar-refractivity contribution in [3.05, 3.63) is 54.9 Å². The van der Waals surface area contributed by atoms with Gasteiger partial charge in [0.1, 0.15) is 5.82 Å². The molecule has 0 aliphatic heterocycles. The lowest BCUT2D eigenvalue weighted by atomic mass is 10.1. The van der Waals surface area contributed by atoms with E-state index >= 15 is 0 Å². The molecule has 0 bridgehead atoms. The summed E-state index contributed by atoms with van der Waals surface area (Å²) in [6.45, 7) is 3.56. The number of rotatable bonds is 8. The topological polar surface area (TPSA) is 140 Å². The fourth-order valence-corrected chi connectivity index (χ4v) is 4.12. The molecule has 0 radical (unpaired) electrons. The van der Waals surface area contributed by atoms with E-state index in [0.717, 1.165) is 22.0 Å². The number of nitrogens with zero attached hydrogens (tertiary/aromatic N) is 3. The predicted octanol–water partition coefficient (Wildman–Crippen LogP) is 3.98. The zero-order chi connectivity index (χ0) is 22.7. The van der Waals surface area contributed by atoms with E-state index in [1.165, 1.54) is 0 Å². The molecule has 0 aliphatic carbocycles. The lowest BCUT2D eigenvalue weighted by Crippen LogP contribution is -2.21. The first-order chi connectivity index (χ1) is 15.4. The van der Waals surface area contributed by atoms with Crippen LogP contribution in [0.3, 0.4) is 0 Å². The second-order valence-corrected chi connectivity index (χ2v) is 9.87. The molecule has 0 amide bonds. The lowest BCUT2D eigenvalue weighted by Gasteiger charge is -2.17. The number of aromatic amines is 1.